The molecule has 1 heterocycles. The first-order valence-electron chi connectivity index (χ1n) is 6.45. The number of carbonyl (C=O) groups excluding carboxylic acids is 1. The Morgan fingerprint density at radius 3 is 3.11 bits per heavy atom. The summed E-state index contributed by atoms with van der Waals surface area (Å²) >= 11 is 5.96. The number of hydrogen-bond donors (Lipinski definition) is 1. The second-order valence-corrected chi connectivity index (χ2v) is 5.32. The van der Waals surface area contributed by atoms with Crippen LogP contribution in [0.5, 0.6) is 0 Å². The first-order chi connectivity index (χ1) is 9.13. The predicted octanol–water partition coefficient (Wildman–Crippen LogP) is 2.42. The Morgan fingerprint density at radius 2 is 2.37 bits per heavy atom. The average molecular weight is 283 g/mol. The van der Waals surface area contributed by atoms with E-state index in [9.17, 15) is 4.79 Å². The van der Waals surface area contributed by atoms with Crippen molar-refractivity contribution in [1.29, 1.82) is 0 Å². The SMILES string of the molecule is COCC1CCCN(C(=O)c2cccc(Cl)c2N)C1. The number of likely N-dealkylation sites (tertiary alicyclic amines) is 1. The van der Waals surface area contributed by atoms with Gasteiger partial charge in [0, 0.05) is 20.2 Å². The molecule has 0 spiro atoms. The zero-order valence-corrected chi connectivity index (χ0v) is 11.8. The molecule has 1 fully saturated rings. The van der Waals surface area contributed by atoms with Crippen molar-refractivity contribution in [3.8, 4) is 0 Å². The quantitative estimate of drug-likeness (QED) is 0.866. The Balaban J connectivity index is 2.12. The highest BCUT2D eigenvalue weighted by molar-refractivity contribution is 6.33. The summed E-state index contributed by atoms with van der Waals surface area (Å²) in [5.41, 5.74) is 6.73. The summed E-state index contributed by atoms with van der Waals surface area (Å²) in [6.45, 7) is 2.18. The van der Waals surface area contributed by atoms with E-state index in [4.69, 9.17) is 22.1 Å². The second-order valence-electron chi connectivity index (χ2n) is 4.92. The second kappa shape index (κ2) is 6.26. The minimum Gasteiger partial charge on any atom is -0.397 e. The van der Waals surface area contributed by atoms with Crippen molar-refractivity contribution in [3.63, 3.8) is 0 Å². The fourth-order valence-corrected chi connectivity index (χ4v) is 2.69. The maximum Gasteiger partial charge on any atom is 0.256 e. The molecule has 0 bridgehead atoms. The van der Waals surface area contributed by atoms with Gasteiger partial charge in [-0.15, -0.1) is 0 Å². The fourth-order valence-electron chi connectivity index (χ4n) is 2.52. The van der Waals surface area contributed by atoms with Crippen molar-refractivity contribution < 1.29 is 9.53 Å². The molecule has 0 aliphatic carbocycles. The monoisotopic (exact) mass is 282 g/mol. The van der Waals surface area contributed by atoms with Crippen molar-refractivity contribution in [1.82, 2.24) is 4.90 Å². The average Bonchev–Trinajstić information content (AvgIpc) is 2.42. The van der Waals surface area contributed by atoms with Crippen LogP contribution in [-0.2, 0) is 4.74 Å². The van der Waals surface area contributed by atoms with E-state index >= 15 is 0 Å². The molecule has 0 saturated carbocycles. The van der Waals surface area contributed by atoms with E-state index in [0.717, 1.165) is 25.9 Å². The van der Waals surface area contributed by atoms with E-state index in [0.29, 0.717) is 28.8 Å². The number of nitrogens with zero attached hydrogens (tertiary/aromatic N) is 1. The van der Waals surface area contributed by atoms with Crippen LogP contribution in [0.4, 0.5) is 5.69 Å². The van der Waals surface area contributed by atoms with E-state index in [-0.39, 0.29) is 5.91 Å². The lowest BCUT2D eigenvalue weighted by Gasteiger charge is -2.32. The van der Waals surface area contributed by atoms with Crippen LogP contribution in [-0.4, -0.2) is 37.6 Å². The first kappa shape index (κ1) is 14.2. The van der Waals surface area contributed by atoms with Crippen LogP contribution >= 0.6 is 11.6 Å². The van der Waals surface area contributed by atoms with Gasteiger partial charge >= 0.3 is 0 Å². The number of hydrogen-bond acceptors (Lipinski definition) is 3. The Morgan fingerprint density at radius 1 is 1.58 bits per heavy atom. The van der Waals surface area contributed by atoms with Crippen molar-refractivity contribution >= 4 is 23.2 Å². The molecule has 4 nitrogen and oxygen atoms in total. The smallest absolute Gasteiger partial charge is 0.256 e. The lowest BCUT2D eigenvalue weighted by atomic mass is 9.98. The summed E-state index contributed by atoms with van der Waals surface area (Å²) in [4.78, 5) is 14.3. The predicted molar refractivity (Wildman–Crippen MR) is 76.4 cm³/mol. The minimum atomic E-state index is -0.0409. The zero-order chi connectivity index (χ0) is 13.8. The van der Waals surface area contributed by atoms with Crippen molar-refractivity contribution in [3.05, 3.63) is 28.8 Å². The third-order valence-corrected chi connectivity index (χ3v) is 3.82. The molecular formula is C14H19ClN2O2. The van der Waals surface area contributed by atoms with Gasteiger partial charge in [0.2, 0.25) is 0 Å². The molecule has 2 N–H and O–H groups in total. The molecule has 19 heavy (non-hydrogen) atoms. The molecule has 1 atom stereocenters. The summed E-state index contributed by atoms with van der Waals surface area (Å²) in [5, 5.41) is 0.427. The molecule has 1 aromatic carbocycles. The van der Waals surface area contributed by atoms with E-state index in [1.807, 2.05) is 4.90 Å². The van der Waals surface area contributed by atoms with Gasteiger partial charge in [0.05, 0.1) is 22.9 Å². The summed E-state index contributed by atoms with van der Waals surface area (Å²) < 4.78 is 5.17. The lowest BCUT2D eigenvalue weighted by molar-refractivity contribution is 0.0572. The number of nitrogen functional groups attached to an aromatic ring is 1. The van der Waals surface area contributed by atoms with E-state index < -0.39 is 0 Å². The fraction of sp³-hybridized carbons (Fsp3) is 0.500. The summed E-state index contributed by atoms with van der Waals surface area (Å²) in [5.74, 6) is 0.365. The van der Waals surface area contributed by atoms with Gasteiger partial charge in [0.1, 0.15) is 0 Å². The van der Waals surface area contributed by atoms with Crippen LogP contribution in [0.2, 0.25) is 5.02 Å². The number of amides is 1. The van der Waals surface area contributed by atoms with Gasteiger partial charge in [-0.25, -0.2) is 0 Å². The first-order valence-corrected chi connectivity index (χ1v) is 6.83. The van der Waals surface area contributed by atoms with Crippen LogP contribution in [0.25, 0.3) is 0 Å². The van der Waals surface area contributed by atoms with Crippen LogP contribution in [0.1, 0.15) is 23.2 Å². The Kier molecular flexibility index (Phi) is 4.66. The van der Waals surface area contributed by atoms with Gasteiger partial charge in [-0.05, 0) is 30.9 Å². The molecule has 1 aliphatic rings. The van der Waals surface area contributed by atoms with Gasteiger partial charge in [-0.2, -0.15) is 0 Å². The van der Waals surface area contributed by atoms with E-state index in [2.05, 4.69) is 0 Å². The topological polar surface area (TPSA) is 55.6 Å². The van der Waals surface area contributed by atoms with Gasteiger partial charge < -0.3 is 15.4 Å². The van der Waals surface area contributed by atoms with Crippen molar-refractivity contribution in [2.24, 2.45) is 5.92 Å². The minimum absolute atomic E-state index is 0.0409. The number of benzene rings is 1. The number of ether oxygens (including phenoxy) is 1. The molecule has 104 valence electrons. The van der Waals surface area contributed by atoms with E-state index in [1.165, 1.54) is 0 Å². The zero-order valence-electron chi connectivity index (χ0n) is 11.1. The summed E-state index contributed by atoms with van der Waals surface area (Å²) in [6, 6.07) is 5.17. The molecule has 1 aliphatic heterocycles. The van der Waals surface area contributed by atoms with Crippen LogP contribution < -0.4 is 5.73 Å². The van der Waals surface area contributed by atoms with Crippen molar-refractivity contribution in [2.75, 3.05) is 32.5 Å². The molecule has 1 unspecified atom stereocenters. The molecule has 1 saturated heterocycles. The van der Waals surface area contributed by atoms with Crippen molar-refractivity contribution in [2.45, 2.75) is 12.8 Å². The Labute approximate surface area is 118 Å². The van der Waals surface area contributed by atoms with Gasteiger partial charge in [-0.1, -0.05) is 17.7 Å². The van der Waals surface area contributed by atoms with E-state index in [1.54, 1.807) is 25.3 Å². The molecule has 0 radical (unpaired) electrons. The number of nitrogens with two attached hydrogens (primary N) is 1. The van der Waals surface area contributed by atoms with Gasteiger partial charge in [0.25, 0.3) is 5.91 Å². The molecule has 1 amide bonds. The highest BCUT2D eigenvalue weighted by Gasteiger charge is 2.25. The molecular weight excluding hydrogens is 264 g/mol. The number of halogens is 1. The maximum atomic E-state index is 12.5. The number of para-hydroxylation sites is 1. The number of methoxy groups -OCH3 is 1. The maximum absolute atomic E-state index is 12.5. The largest absolute Gasteiger partial charge is 0.397 e. The molecule has 5 heteroatoms. The number of piperidine rings is 1. The molecule has 1 aromatic rings. The summed E-state index contributed by atoms with van der Waals surface area (Å²) in [6.07, 6.45) is 2.10. The Hall–Kier alpha value is -1.26. The van der Waals surface area contributed by atoms with Crippen LogP contribution in [0, 0.1) is 5.92 Å². The normalized spacial score (nSPS) is 19.5. The highest BCUT2D eigenvalue weighted by Crippen LogP contribution is 2.25. The Bertz CT molecular complexity index is 463. The third-order valence-electron chi connectivity index (χ3n) is 3.49. The standard InChI is InChI=1S/C14H19ClN2O2/c1-19-9-10-4-3-7-17(8-10)14(18)11-5-2-6-12(15)13(11)16/h2,5-6,10H,3-4,7-9,16H2,1H3. The number of rotatable bonds is 3. The van der Waals surface area contributed by atoms with Gasteiger partial charge in [0.15, 0.2) is 0 Å². The highest BCUT2D eigenvalue weighted by atomic mass is 35.5. The lowest BCUT2D eigenvalue weighted by Crippen LogP contribution is -2.41. The molecule has 0 aromatic heterocycles. The summed E-state index contributed by atoms with van der Waals surface area (Å²) in [7, 11) is 1.69. The number of anilines is 1. The number of carbonyl (C=O) groups is 1. The van der Waals surface area contributed by atoms with Gasteiger partial charge in [-0.3, -0.25) is 4.79 Å². The van der Waals surface area contributed by atoms with Crippen LogP contribution in [0.15, 0.2) is 18.2 Å². The molecule has 2 rings (SSSR count). The third kappa shape index (κ3) is 3.19. The van der Waals surface area contributed by atoms with Crippen LogP contribution in [0.3, 0.4) is 0 Å².